The van der Waals surface area contributed by atoms with Gasteiger partial charge >= 0.3 is 0 Å². The molecular weight excluding hydrogens is 244 g/mol. The van der Waals surface area contributed by atoms with Crippen LogP contribution < -0.4 is 10.2 Å². The molecule has 18 heavy (non-hydrogen) atoms. The standard InChI is InChI=1S/C11H11F2N3O2/c1-8(17-9-5-3-2-4-6-9)18-11-7-10(12)14-16(13)15-11/h2-8,15H,1H3. The topological polar surface area (TPSA) is 46.1 Å². The average molecular weight is 255 g/mol. The molecule has 1 aliphatic rings. The number of ether oxygens (including phenoxy) is 2. The SMILES string of the molecule is CC(OC1=CC(F)=NN(F)N1)Oc1ccccc1. The number of hydrogen-bond donors (Lipinski definition) is 1. The van der Waals surface area contributed by atoms with Crippen LogP contribution in [-0.4, -0.2) is 17.6 Å². The van der Waals surface area contributed by atoms with Gasteiger partial charge in [-0.1, -0.05) is 27.8 Å². The molecule has 0 radical (unpaired) electrons. The highest BCUT2D eigenvalue weighted by Crippen LogP contribution is 2.14. The first-order chi connectivity index (χ1) is 8.63. The molecule has 1 heterocycles. The normalized spacial score (nSPS) is 16.3. The second-order valence-corrected chi connectivity index (χ2v) is 3.42. The molecule has 0 saturated carbocycles. The molecule has 96 valence electrons. The van der Waals surface area contributed by atoms with Crippen molar-refractivity contribution in [2.75, 3.05) is 0 Å². The number of para-hydroxylation sites is 1. The van der Waals surface area contributed by atoms with E-state index in [0.717, 1.165) is 6.08 Å². The number of halogens is 2. The number of allylic oxidation sites excluding steroid dienone is 1. The molecule has 0 saturated heterocycles. The lowest BCUT2D eigenvalue weighted by Crippen LogP contribution is -2.33. The van der Waals surface area contributed by atoms with Crippen molar-refractivity contribution in [1.82, 2.24) is 10.8 Å². The largest absolute Gasteiger partial charge is 0.455 e. The molecule has 1 aliphatic heterocycles. The Kier molecular flexibility index (Phi) is 3.61. The molecule has 5 nitrogen and oxygen atoms in total. The van der Waals surface area contributed by atoms with E-state index in [1.807, 2.05) is 6.07 Å². The second-order valence-electron chi connectivity index (χ2n) is 3.42. The van der Waals surface area contributed by atoms with Crippen LogP contribution in [-0.2, 0) is 4.74 Å². The third-order valence-electron chi connectivity index (χ3n) is 1.97. The fourth-order valence-electron chi connectivity index (χ4n) is 1.32. The Morgan fingerprint density at radius 1 is 1.28 bits per heavy atom. The molecule has 7 heteroatoms. The summed E-state index contributed by atoms with van der Waals surface area (Å²) in [7, 11) is 0. The van der Waals surface area contributed by atoms with Crippen LogP contribution >= 0.6 is 0 Å². The summed E-state index contributed by atoms with van der Waals surface area (Å²) in [4.78, 5) is 0. The number of hydrazone groups is 1. The number of rotatable bonds is 4. The van der Waals surface area contributed by atoms with Crippen LogP contribution in [0.15, 0.2) is 47.4 Å². The minimum absolute atomic E-state index is 0.131. The first-order valence-electron chi connectivity index (χ1n) is 5.20. The number of nitrogens with one attached hydrogen (secondary N) is 1. The van der Waals surface area contributed by atoms with Gasteiger partial charge in [-0.3, -0.25) is 0 Å². The highest BCUT2D eigenvalue weighted by atomic mass is 19.2. The molecule has 0 fully saturated rings. The van der Waals surface area contributed by atoms with Gasteiger partial charge in [0.2, 0.25) is 18.1 Å². The molecule has 1 aromatic rings. The van der Waals surface area contributed by atoms with E-state index in [4.69, 9.17) is 9.47 Å². The summed E-state index contributed by atoms with van der Waals surface area (Å²) in [5.74, 6) is -0.542. The van der Waals surface area contributed by atoms with Gasteiger partial charge in [-0.25, -0.2) is 5.43 Å². The zero-order valence-corrected chi connectivity index (χ0v) is 9.51. The van der Waals surface area contributed by atoms with Gasteiger partial charge in [0.15, 0.2) is 0 Å². The smallest absolute Gasteiger partial charge is 0.240 e. The van der Waals surface area contributed by atoms with Crippen LogP contribution in [0, 0.1) is 0 Å². The maximum atomic E-state index is 12.8. The monoisotopic (exact) mass is 255 g/mol. The van der Waals surface area contributed by atoms with Crippen LogP contribution in [0.4, 0.5) is 8.87 Å². The molecule has 1 N–H and O–H groups in total. The third kappa shape index (κ3) is 3.34. The van der Waals surface area contributed by atoms with Gasteiger partial charge in [0, 0.05) is 6.92 Å². The van der Waals surface area contributed by atoms with Crippen molar-refractivity contribution in [2.24, 2.45) is 5.10 Å². The Hall–Kier alpha value is -2.31. The first-order valence-corrected chi connectivity index (χ1v) is 5.20. The van der Waals surface area contributed by atoms with E-state index in [9.17, 15) is 8.87 Å². The number of nitrogens with zero attached hydrogens (tertiary/aromatic N) is 2. The Morgan fingerprint density at radius 3 is 2.67 bits per heavy atom. The Bertz CT molecular complexity index is 465. The van der Waals surface area contributed by atoms with Crippen molar-refractivity contribution in [2.45, 2.75) is 13.2 Å². The predicted octanol–water partition coefficient (Wildman–Crippen LogP) is 2.26. The Labute approximate surface area is 102 Å². The van der Waals surface area contributed by atoms with Crippen molar-refractivity contribution in [3.05, 3.63) is 42.3 Å². The summed E-state index contributed by atoms with van der Waals surface area (Å²) >= 11 is 0. The summed E-state index contributed by atoms with van der Waals surface area (Å²) in [6.45, 7) is 1.60. The zero-order valence-electron chi connectivity index (χ0n) is 9.51. The first kappa shape index (κ1) is 12.2. The van der Waals surface area contributed by atoms with Gasteiger partial charge in [-0.2, -0.15) is 4.39 Å². The van der Waals surface area contributed by atoms with Gasteiger partial charge in [0.1, 0.15) is 5.75 Å². The molecular formula is C11H11F2N3O2. The summed E-state index contributed by atoms with van der Waals surface area (Å²) in [5.41, 5.74) is 2.06. The average Bonchev–Trinajstić information content (AvgIpc) is 2.28. The van der Waals surface area contributed by atoms with Crippen molar-refractivity contribution in [3.63, 3.8) is 0 Å². The predicted molar refractivity (Wildman–Crippen MR) is 60.3 cm³/mol. The number of benzene rings is 1. The van der Waals surface area contributed by atoms with Gasteiger partial charge in [0.05, 0.1) is 6.08 Å². The molecule has 0 aromatic heterocycles. The summed E-state index contributed by atoms with van der Waals surface area (Å²) in [6, 6.07) is 8.93. The maximum Gasteiger partial charge on any atom is 0.240 e. The van der Waals surface area contributed by atoms with E-state index in [2.05, 4.69) is 10.5 Å². The number of hydrazine groups is 1. The lowest BCUT2D eigenvalue weighted by molar-refractivity contribution is -0.0881. The molecule has 0 amide bonds. The van der Waals surface area contributed by atoms with Crippen LogP contribution in [0.1, 0.15) is 6.92 Å². The van der Waals surface area contributed by atoms with E-state index in [-0.39, 0.29) is 11.2 Å². The molecule has 1 unspecified atom stereocenters. The second kappa shape index (κ2) is 5.35. The fourth-order valence-corrected chi connectivity index (χ4v) is 1.32. The van der Waals surface area contributed by atoms with Crippen LogP contribution in [0.3, 0.4) is 0 Å². The van der Waals surface area contributed by atoms with Gasteiger partial charge in [-0.15, -0.1) is 0 Å². The van der Waals surface area contributed by atoms with Gasteiger partial charge in [0.25, 0.3) is 0 Å². The molecule has 1 aromatic carbocycles. The van der Waals surface area contributed by atoms with Crippen LogP contribution in [0.25, 0.3) is 0 Å². The molecule has 2 rings (SSSR count). The highest BCUT2D eigenvalue weighted by Gasteiger charge is 2.16. The molecule has 0 aliphatic carbocycles. The maximum absolute atomic E-state index is 12.8. The number of hydrogen-bond acceptors (Lipinski definition) is 5. The van der Waals surface area contributed by atoms with Crippen LogP contribution in [0.2, 0.25) is 0 Å². The van der Waals surface area contributed by atoms with Crippen molar-refractivity contribution in [3.8, 4) is 5.75 Å². The van der Waals surface area contributed by atoms with Crippen molar-refractivity contribution >= 4 is 5.97 Å². The Balaban J connectivity index is 1.92. The van der Waals surface area contributed by atoms with E-state index >= 15 is 0 Å². The molecule has 1 atom stereocenters. The van der Waals surface area contributed by atoms with Crippen LogP contribution in [0.5, 0.6) is 5.75 Å². The summed E-state index contributed by atoms with van der Waals surface area (Å²) in [6.07, 6.45) is 0.200. The van der Waals surface area contributed by atoms with E-state index < -0.39 is 12.3 Å². The summed E-state index contributed by atoms with van der Waals surface area (Å²) in [5, 5.41) is 2.55. The van der Waals surface area contributed by atoms with E-state index in [1.165, 1.54) is 0 Å². The minimum Gasteiger partial charge on any atom is -0.455 e. The Morgan fingerprint density at radius 2 is 2.00 bits per heavy atom. The molecule has 0 bridgehead atoms. The molecule has 0 spiro atoms. The quantitative estimate of drug-likeness (QED) is 0.662. The lowest BCUT2D eigenvalue weighted by Gasteiger charge is -2.21. The third-order valence-corrected chi connectivity index (χ3v) is 1.97. The lowest BCUT2D eigenvalue weighted by atomic mass is 10.3. The van der Waals surface area contributed by atoms with Crippen molar-refractivity contribution in [1.29, 1.82) is 0 Å². The summed E-state index contributed by atoms with van der Waals surface area (Å²) < 4.78 is 36.0. The van der Waals surface area contributed by atoms with Crippen molar-refractivity contribution < 1.29 is 18.3 Å². The minimum atomic E-state index is -1.00. The highest BCUT2D eigenvalue weighted by molar-refractivity contribution is 5.87. The fraction of sp³-hybridized carbons (Fsp3) is 0.182. The van der Waals surface area contributed by atoms with Gasteiger partial charge < -0.3 is 9.47 Å². The van der Waals surface area contributed by atoms with Gasteiger partial charge in [-0.05, 0) is 17.5 Å². The van der Waals surface area contributed by atoms with E-state index in [1.54, 1.807) is 31.2 Å². The zero-order chi connectivity index (χ0) is 13.0. The van der Waals surface area contributed by atoms with E-state index in [0.29, 0.717) is 5.75 Å².